The lowest BCUT2D eigenvalue weighted by Crippen LogP contribution is -2.22. The lowest BCUT2D eigenvalue weighted by Gasteiger charge is -2.07. The smallest absolute Gasteiger partial charge is 0.408 e. The number of hydrogen-bond donors (Lipinski definition) is 6. The molecule has 4 amide bonds. The number of hydrogen-bond acceptors (Lipinski definition) is 5. The second kappa shape index (κ2) is 8.96. The predicted octanol–water partition coefficient (Wildman–Crippen LogP) is 4.25. The molecule has 0 aliphatic carbocycles. The summed E-state index contributed by atoms with van der Waals surface area (Å²) in [5.41, 5.74) is 8.02. The van der Waals surface area contributed by atoms with Crippen molar-refractivity contribution in [1.82, 2.24) is 9.97 Å². The third-order valence-corrected chi connectivity index (χ3v) is 5.58. The van der Waals surface area contributed by atoms with Crippen molar-refractivity contribution < 1.29 is 18.8 Å². The van der Waals surface area contributed by atoms with Gasteiger partial charge in [-0.05, 0) is 48.5 Å². The van der Waals surface area contributed by atoms with Crippen LogP contribution in [0.4, 0.5) is 22.0 Å². The molecular weight excluding hydrogens is 488 g/mol. The van der Waals surface area contributed by atoms with E-state index in [2.05, 4.69) is 25.9 Å². The van der Waals surface area contributed by atoms with Gasteiger partial charge in [0.2, 0.25) is 0 Å². The minimum Gasteiger partial charge on any atom is -0.408 e. The third kappa shape index (κ3) is 4.50. The Bertz CT molecular complexity index is 1720. The van der Waals surface area contributed by atoms with Gasteiger partial charge in [0.15, 0.2) is 5.58 Å². The van der Waals surface area contributed by atoms with Crippen molar-refractivity contribution in [3.05, 3.63) is 87.4 Å². The van der Waals surface area contributed by atoms with E-state index in [-0.39, 0.29) is 16.9 Å². The quantitative estimate of drug-likeness (QED) is 0.209. The van der Waals surface area contributed by atoms with Gasteiger partial charge in [0.25, 0.3) is 11.8 Å². The Balaban J connectivity index is 1.39. The first kappa shape index (κ1) is 22.7. The monoisotopic (exact) mass is 504 g/mol. The first-order chi connectivity index (χ1) is 17.3. The van der Waals surface area contributed by atoms with Crippen LogP contribution in [0, 0.1) is 0 Å². The van der Waals surface area contributed by atoms with Gasteiger partial charge in [-0.3, -0.25) is 19.9 Å². The Hall–Kier alpha value is -5.03. The number of carbonyl (C=O) groups is 3. The SMILES string of the molecule is NC(=O)c1c(NC(=O)Nc2ccc(Cl)cc2)[nH]c2cc(C(=O)Nc3ccc4[nH]c(=O)oc4c3)ccc12. The van der Waals surface area contributed by atoms with E-state index in [1.165, 1.54) is 18.2 Å². The fourth-order valence-corrected chi connectivity index (χ4v) is 3.85. The number of primary amides is 1. The van der Waals surface area contributed by atoms with Gasteiger partial charge in [0.1, 0.15) is 5.82 Å². The van der Waals surface area contributed by atoms with Gasteiger partial charge in [0.05, 0.1) is 11.1 Å². The number of urea groups is 1. The van der Waals surface area contributed by atoms with Crippen molar-refractivity contribution in [3.8, 4) is 0 Å². The number of amides is 4. The normalized spacial score (nSPS) is 10.9. The molecule has 0 saturated heterocycles. The van der Waals surface area contributed by atoms with Gasteiger partial charge in [-0.1, -0.05) is 17.7 Å². The zero-order valence-electron chi connectivity index (χ0n) is 18.3. The zero-order chi connectivity index (χ0) is 25.4. The van der Waals surface area contributed by atoms with Crippen molar-refractivity contribution >= 4 is 68.6 Å². The topological polar surface area (TPSA) is 175 Å². The molecule has 5 aromatic rings. The number of fused-ring (bicyclic) bond motifs is 2. The van der Waals surface area contributed by atoms with E-state index in [0.29, 0.717) is 38.4 Å². The number of halogens is 1. The minimum absolute atomic E-state index is 0.0659. The number of benzene rings is 3. The van der Waals surface area contributed by atoms with E-state index < -0.39 is 23.6 Å². The highest BCUT2D eigenvalue weighted by molar-refractivity contribution is 6.30. The van der Waals surface area contributed by atoms with Crippen molar-refractivity contribution in [3.63, 3.8) is 0 Å². The first-order valence-electron chi connectivity index (χ1n) is 10.5. The summed E-state index contributed by atoms with van der Waals surface area (Å²) in [5.74, 6) is -1.72. The molecule has 3 aromatic carbocycles. The maximum Gasteiger partial charge on any atom is 0.417 e. The number of anilines is 3. The highest BCUT2D eigenvalue weighted by Crippen LogP contribution is 2.28. The van der Waals surface area contributed by atoms with Crippen LogP contribution >= 0.6 is 11.6 Å². The van der Waals surface area contributed by atoms with Crippen molar-refractivity contribution in [2.24, 2.45) is 5.73 Å². The molecule has 0 saturated carbocycles. The summed E-state index contributed by atoms with van der Waals surface area (Å²) in [6.45, 7) is 0. The van der Waals surface area contributed by atoms with Gasteiger partial charge in [0, 0.05) is 38.9 Å². The second-order valence-corrected chi connectivity index (χ2v) is 8.20. The molecule has 0 aliphatic rings. The van der Waals surface area contributed by atoms with Crippen molar-refractivity contribution in [1.29, 1.82) is 0 Å². The lowest BCUT2D eigenvalue weighted by molar-refractivity contribution is 0.1000. The number of nitrogens with two attached hydrogens (primary N) is 1. The number of carbonyl (C=O) groups excluding carboxylic acids is 3. The molecule has 36 heavy (non-hydrogen) atoms. The third-order valence-electron chi connectivity index (χ3n) is 5.33. The van der Waals surface area contributed by atoms with Crippen molar-refractivity contribution in [2.45, 2.75) is 0 Å². The van der Waals surface area contributed by atoms with Crippen LogP contribution in [-0.2, 0) is 0 Å². The highest BCUT2D eigenvalue weighted by atomic mass is 35.5. The number of aromatic amines is 2. The van der Waals surface area contributed by atoms with Crippen LogP contribution in [0.2, 0.25) is 5.02 Å². The van der Waals surface area contributed by atoms with Crippen LogP contribution < -0.4 is 27.4 Å². The Labute approximate surface area is 206 Å². The zero-order valence-corrected chi connectivity index (χ0v) is 19.0. The van der Waals surface area contributed by atoms with Gasteiger partial charge < -0.3 is 25.8 Å². The number of nitrogens with one attached hydrogen (secondary N) is 5. The molecule has 2 heterocycles. The van der Waals surface area contributed by atoms with Crippen LogP contribution in [0.15, 0.2) is 69.9 Å². The second-order valence-electron chi connectivity index (χ2n) is 7.77. The molecule has 2 aromatic heterocycles. The number of rotatable bonds is 5. The maximum absolute atomic E-state index is 12.8. The summed E-state index contributed by atoms with van der Waals surface area (Å²) < 4.78 is 5.01. The van der Waals surface area contributed by atoms with Crippen LogP contribution in [-0.4, -0.2) is 27.8 Å². The molecule has 0 aliphatic heterocycles. The fourth-order valence-electron chi connectivity index (χ4n) is 3.72. The summed E-state index contributed by atoms with van der Waals surface area (Å²) in [6, 6.07) is 15.2. The van der Waals surface area contributed by atoms with Gasteiger partial charge in [-0.15, -0.1) is 0 Å². The molecular formula is C24H17ClN6O5. The Morgan fingerprint density at radius 1 is 0.833 bits per heavy atom. The predicted molar refractivity (Wildman–Crippen MR) is 136 cm³/mol. The maximum atomic E-state index is 12.8. The average molecular weight is 505 g/mol. The Morgan fingerprint density at radius 2 is 1.58 bits per heavy atom. The molecule has 0 spiro atoms. The molecule has 0 fully saturated rings. The van der Waals surface area contributed by atoms with Crippen LogP contribution in [0.1, 0.15) is 20.7 Å². The lowest BCUT2D eigenvalue weighted by atomic mass is 10.1. The molecule has 12 heteroatoms. The molecule has 7 N–H and O–H groups in total. The molecule has 0 atom stereocenters. The number of H-pyrrole nitrogens is 2. The van der Waals surface area contributed by atoms with Gasteiger partial charge in [-0.25, -0.2) is 9.59 Å². The molecule has 0 unspecified atom stereocenters. The van der Waals surface area contributed by atoms with Gasteiger partial charge in [-0.2, -0.15) is 0 Å². The van der Waals surface area contributed by atoms with Crippen LogP contribution in [0.5, 0.6) is 0 Å². The Kier molecular flexibility index (Phi) is 5.66. The standard InChI is InChI=1S/C24H17ClN6O5/c25-12-2-4-13(5-3-12)28-23(34)31-21-19(20(26)32)15-7-1-11(9-17(15)29-21)22(33)27-14-6-8-16-18(10-14)36-24(35)30-16/h1-10,29H,(H2,26,32)(H,27,33)(H,30,35)(H2,28,31,34). The van der Waals surface area contributed by atoms with Crippen LogP contribution in [0.3, 0.4) is 0 Å². The number of aromatic nitrogens is 2. The first-order valence-corrected chi connectivity index (χ1v) is 10.9. The van der Waals surface area contributed by atoms with E-state index in [1.807, 2.05) is 0 Å². The molecule has 11 nitrogen and oxygen atoms in total. The summed E-state index contributed by atoms with van der Waals surface area (Å²) in [6.07, 6.45) is 0. The molecule has 0 bridgehead atoms. The van der Waals surface area contributed by atoms with Gasteiger partial charge >= 0.3 is 11.8 Å². The average Bonchev–Trinajstić information content (AvgIpc) is 3.38. The fraction of sp³-hybridized carbons (Fsp3) is 0. The van der Waals surface area contributed by atoms with E-state index in [0.717, 1.165) is 0 Å². The van der Waals surface area contributed by atoms with E-state index in [4.69, 9.17) is 21.8 Å². The molecule has 180 valence electrons. The summed E-state index contributed by atoms with van der Waals surface area (Å²) in [7, 11) is 0. The van der Waals surface area contributed by atoms with E-state index in [9.17, 15) is 19.2 Å². The highest BCUT2D eigenvalue weighted by Gasteiger charge is 2.20. The summed E-state index contributed by atoms with van der Waals surface area (Å²) >= 11 is 5.85. The Morgan fingerprint density at radius 3 is 2.33 bits per heavy atom. The summed E-state index contributed by atoms with van der Waals surface area (Å²) in [5, 5.41) is 8.87. The minimum atomic E-state index is -0.762. The molecule has 5 rings (SSSR count). The van der Waals surface area contributed by atoms with E-state index >= 15 is 0 Å². The van der Waals surface area contributed by atoms with Crippen LogP contribution in [0.25, 0.3) is 22.0 Å². The van der Waals surface area contributed by atoms with E-state index in [1.54, 1.807) is 42.5 Å². The largest absolute Gasteiger partial charge is 0.417 e. The molecule has 0 radical (unpaired) electrons. The summed E-state index contributed by atoms with van der Waals surface area (Å²) in [4.78, 5) is 54.2. The van der Waals surface area contributed by atoms with Crippen molar-refractivity contribution in [2.75, 3.05) is 16.0 Å². The number of oxazole rings is 1.